The second-order valence-electron chi connectivity index (χ2n) is 7.27. The molecule has 1 aliphatic rings. The molecule has 1 unspecified atom stereocenters. The molecule has 1 aliphatic heterocycles. The van der Waals surface area contributed by atoms with E-state index in [4.69, 9.17) is 0 Å². The summed E-state index contributed by atoms with van der Waals surface area (Å²) >= 11 is 1.65. The van der Waals surface area contributed by atoms with Crippen LogP contribution in [0, 0.1) is 6.92 Å². The van der Waals surface area contributed by atoms with Crippen LogP contribution in [0.4, 0.5) is 11.5 Å². The van der Waals surface area contributed by atoms with E-state index in [0.29, 0.717) is 17.7 Å². The second kappa shape index (κ2) is 10.3. The van der Waals surface area contributed by atoms with Crippen molar-refractivity contribution in [2.45, 2.75) is 32.2 Å². The summed E-state index contributed by atoms with van der Waals surface area (Å²) in [7, 11) is 0. The molecule has 1 aromatic carbocycles. The number of hydrogen-bond donors (Lipinski definition) is 2. The number of amides is 2. The summed E-state index contributed by atoms with van der Waals surface area (Å²) < 4.78 is 0. The molecule has 1 fully saturated rings. The van der Waals surface area contributed by atoms with Gasteiger partial charge >= 0.3 is 0 Å². The number of nitrogens with zero attached hydrogens (tertiary/aromatic N) is 2. The van der Waals surface area contributed by atoms with Crippen molar-refractivity contribution in [1.29, 1.82) is 0 Å². The highest BCUT2D eigenvalue weighted by atomic mass is 32.2. The zero-order valence-corrected chi connectivity index (χ0v) is 17.8. The second-order valence-corrected chi connectivity index (χ2v) is 8.25. The molecule has 2 amide bonds. The molecule has 7 heteroatoms. The number of thioether (sulfide) groups is 1. The van der Waals surface area contributed by atoms with Gasteiger partial charge in [-0.25, -0.2) is 4.98 Å². The van der Waals surface area contributed by atoms with Crippen LogP contribution in [0.2, 0.25) is 0 Å². The van der Waals surface area contributed by atoms with Gasteiger partial charge in [0.1, 0.15) is 11.9 Å². The first-order valence-electron chi connectivity index (χ1n) is 9.95. The molecular formula is C22H28N4O2S. The van der Waals surface area contributed by atoms with Crippen molar-refractivity contribution in [2.75, 3.05) is 35.3 Å². The molecule has 2 N–H and O–H groups in total. The fourth-order valence-corrected chi connectivity index (χ4v) is 3.83. The maximum Gasteiger partial charge on any atom is 0.251 e. The first-order chi connectivity index (χ1) is 14.1. The minimum atomic E-state index is -0.603. The molecule has 0 spiro atoms. The van der Waals surface area contributed by atoms with E-state index >= 15 is 0 Å². The predicted molar refractivity (Wildman–Crippen MR) is 120 cm³/mol. The summed E-state index contributed by atoms with van der Waals surface area (Å²) in [6.45, 7) is 3.99. The summed E-state index contributed by atoms with van der Waals surface area (Å²) in [6, 6.07) is 10.6. The molecule has 2 aromatic rings. The Kier molecular flexibility index (Phi) is 7.52. The molecule has 1 atom stereocenters. The van der Waals surface area contributed by atoms with E-state index in [1.54, 1.807) is 24.0 Å². The van der Waals surface area contributed by atoms with Crippen molar-refractivity contribution < 1.29 is 9.59 Å². The van der Waals surface area contributed by atoms with Crippen molar-refractivity contribution >= 4 is 35.1 Å². The van der Waals surface area contributed by atoms with Crippen LogP contribution < -0.4 is 15.5 Å². The lowest BCUT2D eigenvalue weighted by Crippen LogP contribution is -2.44. The van der Waals surface area contributed by atoms with Crippen molar-refractivity contribution in [1.82, 2.24) is 10.3 Å². The van der Waals surface area contributed by atoms with Gasteiger partial charge in [-0.15, -0.1) is 0 Å². The summed E-state index contributed by atoms with van der Waals surface area (Å²) in [5.41, 5.74) is 2.20. The molecule has 3 rings (SSSR count). The third-order valence-corrected chi connectivity index (χ3v) is 5.60. The van der Waals surface area contributed by atoms with Gasteiger partial charge in [0.25, 0.3) is 5.91 Å². The summed E-state index contributed by atoms with van der Waals surface area (Å²) in [5, 5.41) is 5.77. The highest BCUT2D eigenvalue weighted by Gasteiger charge is 2.22. The zero-order valence-electron chi connectivity index (χ0n) is 17.0. The highest BCUT2D eigenvalue weighted by Crippen LogP contribution is 2.19. The topological polar surface area (TPSA) is 74.3 Å². The Balaban J connectivity index is 1.64. The van der Waals surface area contributed by atoms with E-state index in [-0.39, 0.29) is 11.8 Å². The lowest BCUT2D eigenvalue weighted by atomic mass is 10.1. The van der Waals surface area contributed by atoms with Gasteiger partial charge in [-0.3, -0.25) is 9.59 Å². The van der Waals surface area contributed by atoms with Gasteiger partial charge in [0, 0.05) is 18.7 Å². The standard InChI is InChI=1S/C22H28N4O2S/c1-16-6-5-7-17(14-16)21(27)25-19(10-13-29-2)22(28)24-18-8-9-20(23-15-18)26-11-3-4-12-26/h5-9,14-15,19H,3-4,10-13H2,1-2H3,(H,24,28)(H,25,27). The van der Waals surface area contributed by atoms with Crippen molar-refractivity contribution in [2.24, 2.45) is 0 Å². The molecule has 0 aliphatic carbocycles. The number of hydrogen-bond acceptors (Lipinski definition) is 5. The predicted octanol–water partition coefficient (Wildman–Crippen LogP) is 3.48. The Labute approximate surface area is 176 Å². The minimum absolute atomic E-state index is 0.226. The average molecular weight is 413 g/mol. The van der Waals surface area contributed by atoms with Crippen LogP contribution in [0.1, 0.15) is 35.2 Å². The Morgan fingerprint density at radius 1 is 1.21 bits per heavy atom. The van der Waals surface area contributed by atoms with Crippen molar-refractivity contribution in [3.63, 3.8) is 0 Å². The molecule has 0 bridgehead atoms. The van der Waals surface area contributed by atoms with Crippen LogP contribution in [0.15, 0.2) is 42.6 Å². The molecule has 154 valence electrons. The third-order valence-electron chi connectivity index (χ3n) is 4.96. The van der Waals surface area contributed by atoms with E-state index in [9.17, 15) is 9.59 Å². The highest BCUT2D eigenvalue weighted by molar-refractivity contribution is 7.98. The Bertz CT molecular complexity index is 835. The molecule has 29 heavy (non-hydrogen) atoms. The average Bonchev–Trinajstić information content (AvgIpc) is 3.26. The smallest absolute Gasteiger partial charge is 0.251 e. The van der Waals surface area contributed by atoms with Gasteiger partial charge in [-0.1, -0.05) is 17.7 Å². The number of carbonyl (C=O) groups is 2. The van der Waals surface area contributed by atoms with Crippen LogP contribution >= 0.6 is 11.8 Å². The fourth-order valence-electron chi connectivity index (χ4n) is 3.36. The van der Waals surface area contributed by atoms with Crippen LogP contribution in [0.5, 0.6) is 0 Å². The molecule has 1 aromatic heterocycles. The quantitative estimate of drug-likeness (QED) is 0.694. The maximum atomic E-state index is 12.8. The van der Waals surface area contributed by atoms with Crippen LogP contribution in [0.3, 0.4) is 0 Å². The summed E-state index contributed by atoms with van der Waals surface area (Å²) in [6.07, 6.45) is 6.61. The molecule has 1 saturated heterocycles. The van der Waals surface area contributed by atoms with E-state index in [2.05, 4.69) is 20.5 Å². The molecule has 6 nitrogen and oxygen atoms in total. The number of aromatic nitrogens is 1. The van der Waals surface area contributed by atoms with E-state index in [1.807, 2.05) is 43.5 Å². The van der Waals surface area contributed by atoms with Gasteiger partial charge < -0.3 is 15.5 Å². The van der Waals surface area contributed by atoms with Crippen molar-refractivity contribution in [3.05, 3.63) is 53.7 Å². The van der Waals surface area contributed by atoms with Crippen molar-refractivity contribution in [3.8, 4) is 0 Å². The number of pyridine rings is 1. The van der Waals surface area contributed by atoms with E-state index in [1.165, 1.54) is 12.8 Å². The number of nitrogens with one attached hydrogen (secondary N) is 2. The van der Waals surface area contributed by atoms with E-state index in [0.717, 1.165) is 30.2 Å². The number of anilines is 2. The van der Waals surface area contributed by atoms with Gasteiger partial charge in [0.2, 0.25) is 5.91 Å². The van der Waals surface area contributed by atoms with Crippen LogP contribution in [-0.4, -0.2) is 47.9 Å². The number of rotatable bonds is 8. The minimum Gasteiger partial charge on any atom is -0.357 e. The normalized spacial score (nSPS) is 14.5. The SMILES string of the molecule is CSCCC(NC(=O)c1cccc(C)c1)C(=O)Nc1ccc(N2CCCC2)nc1. The fraction of sp³-hybridized carbons (Fsp3) is 0.409. The Morgan fingerprint density at radius 3 is 2.66 bits per heavy atom. The number of carbonyl (C=O) groups excluding carboxylic acids is 2. The first kappa shape index (κ1) is 21.2. The first-order valence-corrected chi connectivity index (χ1v) is 11.3. The molecular weight excluding hydrogens is 384 g/mol. The Morgan fingerprint density at radius 2 is 2.00 bits per heavy atom. The number of aryl methyl sites for hydroxylation is 1. The third kappa shape index (κ3) is 5.97. The summed E-state index contributed by atoms with van der Waals surface area (Å²) in [4.78, 5) is 32.1. The largest absolute Gasteiger partial charge is 0.357 e. The van der Waals surface area contributed by atoms with Gasteiger partial charge in [-0.2, -0.15) is 11.8 Å². The molecule has 2 heterocycles. The lowest BCUT2D eigenvalue weighted by Gasteiger charge is -2.19. The molecule has 0 radical (unpaired) electrons. The molecule has 0 saturated carbocycles. The van der Waals surface area contributed by atoms with Crippen LogP contribution in [-0.2, 0) is 4.79 Å². The van der Waals surface area contributed by atoms with Gasteiger partial charge in [-0.05, 0) is 62.5 Å². The number of benzene rings is 1. The summed E-state index contributed by atoms with van der Waals surface area (Å²) in [5.74, 6) is 1.25. The monoisotopic (exact) mass is 412 g/mol. The van der Waals surface area contributed by atoms with E-state index < -0.39 is 6.04 Å². The lowest BCUT2D eigenvalue weighted by molar-refractivity contribution is -0.118. The zero-order chi connectivity index (χ0) is 20.6. The maximum absolute atomic E-state index is 12.8. The Hall–Kier alpha value is -2.54. The van der Waals surface area contributed by atoms with Crippen LogP contribution in [0.25, 0.3) is 0 Å². The van der Waals surface area contributed by atoms with Gasteiger partial charge in [0.05, 0.1) is 11.9 Å². The van der Waals surface area contributed by atoms with Gasteiger partial charge in [0.15, 0.2) is 0 Å².